The van der Waals surface area contributed by atoms with Crippen LogP contribution in [0.5, 0.6) is 0 Å². The maximum atomic E-state index is 12.5. The van der Waals surface area contributed by atoms with Crippen molar-refractivity contribution < 1.29 is 8.42 Å². The molecule has 0 saturated carbocycles. The van der Waals surface area contributed by atoms with Crippen LogP contribution >= 0.6 is 24.0 Å². The van der Waals surface area contributed by atoms with Gasteiger partial charge in [-0.25, -0.2) is 8.42 Å². The van der Waals surface area contributed by atoms with Crippen LogP contribution in [0, 0.1) is 0 Å². The zero-order valence-corrected chi connectivity index (χ0v) is 13.1. The smallest absolute Gasteiger partial charge is 0.244 e. The van der Waals surface area contributed by atoms with Gasteiger partial charge in [-0.05, 0) is 19.9 Å². The van der Waals surface area contributed by atoms with E-state index in [1.165, 1.54) is 22.8 Å². The molecule has 2 heterocycles. The molecule has 2 atom stereocenters. The number of hydrogen-bond donors (Lipinski definition) is 1. The fourth-order valence-electron chi connectivity index (χ4n) is 2.03. The van der Waals surface area contributed by atoms with Crippen molar-refractivity contribution >= 4 is 34.0 Å². The fourth-order valence-corrected chi connectivity index (χ4v) is 3.97. The van der Waals surface area contributed by atoms with Crippen LogP contribution in [-0.2, 0) is 10.0 Å². The number of halogens is 2. The molecule has 2 rings (SSSR count). The average Bonchev–Trinajstić information content (AvgIpc) is 2.32. The predicted molar refractivity (Wildman–Crippen MR) is 77.3 cm³/mol. The van der Waals surface area contributed by atoms with Gasteiger partial charge in [-0.15, -0.1) is 12.4 Å². The van der Waals surface area contributed by atoms with E-state index in [1.807, 2.05) is 13.8 Å². The summed E-state index contributed by atoms with van der Waals surface area (Å²) in [5, 5.41) is 3.57. The molecule has 1 aromatic rings. The van der Waals surface area contributed by atoms with E-state index in [1.54, 1.807) is 0 Å². The third kappa shape index (κ3) is 3.38. The highest BCUT2D eigenvalue weighted by Crippen LogP contribution is 2.22. The minimum atomic E-state index is -3.52. The number of rotatable bonds is 2. The summed E-state index contributed by atoms with van der Waals surface area (Å²) in [5.41, 5.74) is 0. The first-order valence-electron chi connectivity index (χ1n) is 5.78. The van der Waals surface area contributed by atoms with Gasteiger partial charge in [0, 0.05) is 37.6 Å². The van der Waals surface area contributed by atoms with Crippen molar-refractivity contribution in [1.29, 1.82) is 0 Å². The maximum Gasteiger partial charge on any atom is 0.244 e. The Hall–Kier alpha value is -0.400. The molecule has 1 N–H and O–H groups in total. The third-order valence-corrected chi connectivity index (χ3v) is 5.42. The van der Waals surface area contributed by atoms with E-state index in [2.05, 4.69) is 10.3 Å². The zero-order chi connectivity index (χ0) is 13.3. The molecule has 0 bridgehead atoms. The number of hydrogen-bond acceptors (Lipinski definition) is 4. The van der Waals surface area contributed by atoms with E-state index in [0.29, 0.717) is 18.1 Å². The van der Waals surface area contributed by atoms with Gasteiger partial charge in [0.15, 0.2) is 0 Å². The Morgan fingerprint density at radius 3 is 2.74 bits per heavy atom. The molecule has 5 nitrogen and oxygen atoms in total. The fraction of sp³-hybridized carbons (Fsp3) is 0.545. The number of piperazine rings is 1. The second kappa shape index (κ2) is 6.37. The lowest BCUT2D eigenvalue weighted by Crippen LogP contribution is -2.57. The van der Waals surface area contributed by atoms with Crippen LogP contribution in [0.4, 0.5) is 0 Å². The second-order valence-electron chi connectivity index (χ2n) is 4.44. The van der Waals surface area contributed by atoms with Gasteiger partial charge in [0.25, 0.3) is 0 Å². The molecule has 1 aromatic heterocycles. The van der Waals surface area contributed by atoms with Gasteiger partial charge in [0.1, 0.15) is 4.90 Å². The Balaban J connectivity index is 0.00000180. The largest absolute Gasteiger partial charge is 0.311 e. The number of nitrogens with one attached hydrogen (secondary N) is 1. The van der Waals surface area contributed by atoms with Gasteiger partial charge >= 0.3 is 0 Å². The van der Waals surface area contributed by atoms with E-state index in [9.17, 15) is 8.42 Å². The molecule has 2 unspecified atom stereocenters. The van der Waals surface area contributed by atoms with Crippen molar-refractivity contribution in [2.45, 2.75) is 30.8 Å². The van der Waals surface area contributed by atoms with Crippen molar-refractivity contribution in [1.82, 2.24) is 14.6 Å². The maximum absolute atomic E-state index is 12.5. The Bertz CT molecular complexity index is 538. The monoisotopic (exact) mass is 325 g/mol. The summed E-state index contributed by atoms with van der Waals surface area (Å²) in [6.45, 7) is 4.98. The first kappa shape index (κ1) is 16.7. The van der Waals surface area contributed by atoms with Gasteiger partial charge in [0.2, 0.25) is 10.0 Å². The second-order valence-corrected chi connectivity index (χ2v) is 6.77. The predicted octanol–water partition coefficient (Wildman–Crippen LogP) is 1.53. The lowest BCUT2D eigenvalue weighted by atomic mass is 10.1. The van der Waals surface area contributed by atoms with Crippen LogP contribution < -0.4 is 5.32 Å². The van der Waals surface area contributed by atoms with Crippen molar-refractivity contribution in [3.8, 4) is 0 Å². The molecule has 0 aromatic carbocycles. The summed E-state index contributed by atoms with van der Waals surface area (Å²) in [7, 11) is -3.52. The van der Waals surface area contributed by atoms with E-state index in [0.717, 1.165) is 0 Å². The molecule has 8 heteroatoms. The molecule has 108 valence electrons. The standard InChI is InChI=1S/C11H16ClN3O2S.ClH/c1-8-9(2)15(4-3-14-8)18(16,17)11-5-10(12)6-13-7-11;/h5-9,14H,3-4H2,1-2H3;1H. The van der Waals surface area contributed by atoms with E-state index < -0.39 is 10.0 Å². The molecule has 1 fully saturated rings. The van der Waals surface area contributed by atoms with Crippen molar-refractivity contribution in [2.75, 3.05) is 13.1 Å². The average molecular weight is 326 g/mol. The summed E-state index contributed by atoms with van der Waals surface area (Å²) >= 11 is 5.80. The molecule has 0 spiro atoms. The van der Waals surface area contributed by atoms with Crippen molar-refractivity contribution in [2.24, 2.45) is 0 Å². The molecule has 1 saturated heterocycles. The number of nitrogens with zero attached hydrogens (tertiary/aromatic N) is 2. The van der Waals surface area contributed by atoms with Crippen LogP contribution in [-0.4, -0.2) is 42.9 Å². The Morgan fingerprint density at radius 2 is 2.11 bits per heavy atom. The lowest BCUT2D eigenvalue weighted by Gasteiger charge is -2.37. The molecular weight excluding hydrogens is 309 g/mol. The van der Waals surface area contributed by atoms with Crippen molar-refractivity contribution in [3.05, 3.63) is 23.5 Å². The van der Waals surface area contributed by atoms with Gasteiger partial charge in [-0.3, -0.25) is 4.98 Å². The normalized spacial score (nSPS) is 24.8. The number of sulfonamides is 1. The summed E-state index contributed by atoms with van der Waals surface area (Å²) in [6.07, 6.45) is 2.75. The molecule has 0 radical (unpaired) electrons. The minimum Gasteiger partial charge on any atom is -0.311 e. The number of aromatic nitrogens is 1. The molecule has 1 aliphatic heterocycles. The number of pyridine rings is 1. The van der Waals surface area contributed by atoms with E-state index >= 15 is 0 Å². The Morgan fingerprint density at radius 1 is 1.42 bits per heavy atom. The van der Waals surface area contributed by atoms with E-state index in [4.69, 9.17) is 11.6 Å². The van der Waals surface area contributed by atoms with Crippen molar-refractivity contribution in [3.63, 3.8) is 0 Å². The van der Waals surface area contributed by atoms with Gasteiger partial charge < -0.3 is 5.32 Å². The highest BCUT2D eigenvalue weighted by atomic mass is 35.5. The summed E-state index contributed by atoms with van der Waals surface area (Å²) < 4.78 is 26.5. The summed E-state index contributed by atoms with van der Waals surface area (Å²) in [6, 6.07) is 1.46. The highest BCUT2D eigenvalue weighted by Gasteiger charge is 2.34. The Kier molecular flexibility index (Phi) is 5.58. The van der Waals surface area contributed by atoms with Crippen LogP contribution in [0.15, 0.2) is 23.4 Å². The minimum absolute atomic E-state index is 0. The van der Waals surface area contributed by atoms with E-state index in [-0.39, 0.29) is 29.4 Å². The quantitative estimate of drug-likeness (QED) is 0.895. The van der Waals surface area contributed by atoms with Crippen LogP contribution in [0.3, 0.4) is 0 Å². The van der Waals surface area contributed by atoms with Gasteiger partial charge in [0.05, 0.1) is 5.02 Å². The van der Waals surface area contributed by atoms with Gasteiger partial charge in [-0.2, -0.15) is 4.31 Å². The third-order valence-electron chi connectivity index (χ3n) is 3.26. The highest BCUT2D eigenvalue weighted by molar-refractivity contribution is 7.89. The molecule has 0 amide bonds. The SMILES string of the molecule is CC1NCCN(S(=O)(=O)c2cncc(Cl)c2)C1C.Cl. The molecule has 1 aliphatic rings. The summed E-state index contributed by atoms with van der Waals surface area (Å²) in [5.74, 6) is 0. The molecular formula is C11H17Cl2N3O2S. The first-order valence-corrected chi connectivity index (χ1v) is 7.60. The Labute approximate surface area is 124 Å². The van der Waals surface area contributed by atoms with Crippen LogP contribution in [0.25, 0.3) is 0 Å². The zero-order valence-electron chi connectivity index (χ0n) is 10.7. The van der Waals surface area contributed by atoms with Gasteiger partial charge in [-0.1, -0.05) is 11.6 Å². The van der Waals surface area contributed by atoms with Crippen LogP contribution in [0.2, 0.25) is 5.02 Å². The summed E-state index contributed by atoms with van der Waals surface area (Å²) in [4.78, 5) is 3.99. The lowest BCUT2D eigenvalue weighted by molar-refractivity contribution is 0.233. The molecule has 19 heavy (non-hydrogen) atoms. The first-order chi connectivity index (χ1) is 8.43. The topological polar surface area (TPSA) is 62.3 Å². The van der Waals surface area contributed by atoms with Crippen LogP contribution in [0.1, 0.15) is 13.8 Å². The molecule has 0 aliphatic carbocycles.